The molecular weight excluding hydrogens is 1580 g/mol. The Morgan fingerprint density at radius 3 is 0.420 bits per heavy atom. The zero-order valence-electron chi connectivity index (χ0n) is 46.5. The van der Waals surface area contributed by atoms with Crippen molar-refractivity contribution in [2.45, 2.75) is 196 Å². The Balaban J connectivity index is 0.000001000. The molecule has 0 fully saturated rings. The zero-order valence-corrected chi connectivity index (χ0v) is 46.5. The lowest BCUT2D eigenvalue weighted by Gasteiger charge is -2.41. The predicted molar refractivity (Wildman–Crippen MR) is 211 cm³/mol. The van der Waals surface area contributed by atoms with Gasteiger partial charge in [0, 0.05) is 24.8 Å². The topological polar surface area (TPSA) is 62.5 Å². The van der Waals surface area contributed by atoms with E-state index in [2.05, 4.69) is 9.47 Å². The number of carbonyl (C=O) groups is 2. The Kier molecular flexibility index (Phi) is 22.3. The van der Waals surface area contributed by atoms with Crippen LogP contribution in [0.1, 0.15) is 63.8 Å². The number of aromatic nitrogens is 2. The number of ether oxygens (including phenoxy) is 2. The van der Waals surface area contributed by atoms with E-state index >= 15 is 0 Å². The molecule has 2 aromatic heterocycles. The van der Waals surface area contributed by atoms with E-state index in [1.165, 1.54) is 0 Å². The summed E-state index contributed by atoms with van der Waals surface area (Å²) in [7, 11) is 0. The quantitative estimate of drug-likeness (QED) is 0.124. The highest BCUT2D eigenvalue weighted by Crippen LogP contribution is 2.69. The van der Waals surface area contributed by atoms with Crippen LogP contribution in [0.4, 0.5) is 238 Å². The normalized spacial score (nSPS) is 16.2. The molecule has 0 spiro atoms. The van der Waals surface area contributed by atoms with E-state index in [1.54, 1.807) is 0 Å². The molecule has 0 atom stereocenters. The van der Waals surface area contributed by atoms with Crippen molar-refractivity contribution in [3.8, 4) is 0 Å². The molecule has 100 heavy (non-hydrogen) atoms. The number of hydrogen-bond donors (Lipinski definition) is 0. The minimum absolute atomic E-state index is 0.717. The van der Waals surface area contributed by atoms with E-state index in [0.29, 0.717) is 41.5 Å². The minimum atomic E-state index is -8.93. The van der Waals surface area contributed by atoms with E-state index in [9.17, 15) is 238 Å². The Labute approximate surface area is 512 Å². The number of nitrogens with zero attached hydrogens (tertiary/aromatic N) is 2. The van der Waals surface area contributed by atoms with Crippen molar-refractivity contribution in [1.82, 2.24) is 9.13 Å². The van der Waals surface area contributed by atoms with Gasteiger partial charge in [0.1, 0.15) is 11.2 Å². The van der Waals surface area contributed by atoms with Crippen LogP contribution in [0, 0.1) is 0 Å². The third kappa shape index (κ3) is 13.2. The van der Waals surface area contributed by atoms with Crippen molar-refractivity contribution in [2.24, 2.45) is 0 Å². The van der Waals surface area contributed by atoms with Gasteiger partial charge < -0.3 is 9.47 Å². The molecule has 0 saturated heterocycles. The van der Waals surface area contributed by atoms with Crippen LogP contribution in [0.5, 0.6) is 0 Å². The summed E-state index contributed by atoms with van der Waals surface area (Å²) in [5.41, 5.74) is -21.8. The van der Waals surface area contributed by atoms with Crippen LogP contribution >= 0.6 is 0 Å². The molecule has 2 heterocycles. The highest BCUT2D eigenvalue weighted by Gasteiger charge is 2.96. The summed E-state index contributed by atoms with van der Waals surface area (Å²) in [4.78, 5) is 24.1. The predicted octanol–water partition coefficient (Wildman–Crippen LogP) is 21.3. The van der Waals surface area contributed by atoms with Gasteiger partial charge in [-0.05, 0) is 41.5 Å². The maximum atomic E-state index is 14.9. The lowest BCUT2D eigenvalue weighted by Crippen LogP contribution is -2.70. The van der Waals surface area contributed by atoms with Gasteiger partial charge in [-0.3, -0.25) is 9.13 Å². The van der Waals surface area contributed by atoms with Crippen LogP contribution in [0.15, 0.2) is 24.8 Å². The zero-order chi connectivity index (χ0) is 81.9. The first kappa shape index (κ1) is 91.9. The number of halogens is 52. The van der Waals surface area contributed by atoms with Crippen molar-refractivity contribution < 1.29 is 247 Å². The summed E-state index contributed by atoms with van der Waals surface area (Å²) in [5.74, 6) is -173. The second-order valence-corrected chi connectivity index (χ2v) is 21.4. The molecule has 2 aromatic rings. The molecule has 0 aliphatic carbocycles. The number of carbonyl (C=O) groups excluding carboxylic acids is 2. The molecule has 0 aliphatic rings. The first-order valence-corrected chi connectivity index (χ1v) is 23.2. The Morgan fingerprint density at radius 1 is 0.210 bits per heavy atom. The Morgan fingerprint density at radius 2 is 0.320 bits per heavy atom. The minimum Gasteiger partial charge on any atom is -0.443 e. The van der Waals surface area contributed by atoms with Crippen LogP contribution in [0.2, 0.25) is 0 Å². The highest BCUT2D eigenvalue weighted by atomic mass is 19.5. The Bertz CT molecular complexity index is 2880. The van der Waals surface area contributed by atoms with Gasteiger partial charge in [0.15, 0.2) is 0 Å². The maximum Gasteiger partial charge on any atom is 0.460 e. The fraction of sp³-hybridized carbons (Fsp3) is 0.762. The van der Waals surface area contributed by atoms with E-state index < -0.39 is 223 Å². The van der Waals surface area contributed by atoms with Gasteiger partial charge in [0.2, 0.25) is 0 Å². The van der Waals surface area contributed by atoms with Crippen LogP contribution in [0.3, 0.4) is 0 Å². The molecule has 0 aliphatic heterocycles. The summed E-state index contributed by atoms with van der Waals surface area (Å²) in [6.07, 6.45) is -44.3. The number of rotatable bonds is 20. The second kappa shape index (κ2) is 24.2. The van der Waals surface area contributed by atoms with Gasteiger partial charge in [0.25, 0.3) is 0 Å². The molecular formula is C42H22F52N2O4. The molecule has 0 amide bonds. The smallest absolute Gasteiger partial charge is 0.443 e. The fourth-order valence-electron chi connectivity index (χ4n) is 6.50. The summed E-state index contributed by atoms with van der Waals surface area (Å²) in [6.45, 7) is 4.30. The standard InChI is InChI=1S/2C21H11F26NO2/c2*1-9(2,3)50-8(49)48-4-6(10(22,23)12(26,27)14(30,31)16(34,35)18(38,39)20(42,43)44)7(5-48)11(24,25)13(28,29)15(32,33)17(36,37)19(40,41)21(45,46)47/h2*4-5H,1-3H3. The molecule has 58 heteroatoms. The molecule has 0 bridgehead atoms. The molecule has 2 rings (SSSR count). The monoisotopic (exact) mass is 1610 g/mol. The summed E-state index contributed by atoms with van der Waals surface area (Å²) >= 11 is 0. The van der Waals surface area contributed by atoms with Crippen molar-refractivity contribution in [1.29, 1.82) is 0 Å². The van der Waals surface area contributed by atoms with Crippen LogP contribution in [0.25, 0.3) is 0 Å². The van der Waals surface area contributed by atoms with Crippen LogP contribution in [-0.2, 0) is 33.2 Å². The molecule has 0 unspecified atom stereocenters. The van der Waals surface area contributed by atoms with Crippen LogP contribution < -0.4 is 0 Å². The molecule has 588 valence electrons. The molecule has 0 N–H and O–H groups in total. The van der Waals surface area contributed by atoms with Crippen molar-refractivity contribution in [3.63, 3.8) is 0 Å². The third-order valence-electron chi connectivity index (χ3n) is 11.9. The molecule has 0 saturated carbocycles. The van der Waals surface area contributed by atoms with E-state index in [0.717, 1.165) is 0 Å². The number of alkyl halides is 52. The molecule has 0 aromatic carbocycles. The first-order valence-electron chi connectivity index (χ1n) is 23.2. The lowest BCUT2D eigenvalue weighted by molar-refractivity contribution is -0.444. The highest BCUT2D eigenvalue weighted by molar-refractivity contribution is 5.73. The number of hydrogen-bond acceptors (Lipinski definition) is 4. The van der Waals surface area contributed by atoms with Gasteiger partial charge in [-0.2, -0.15) is 228 Å². The largest absolute Gasteiger partial charge is 0.460 e. The van der Waals surface area contributed by atoms with Gasteiger partial charge in [0.05, 0.1) is 22.3 Å². The summed E-state index contributed by atoms with van der Waals surface area (Å²) in [6, 6.07) is 0. The van der Waals surface area contributed by atoms with Gasteiger partial charge in [-0.1, -0.05) is 0 Å². The van der Waals surface area contributed by atoms with E-state index in [4.69, 9.17) is 0 Å². The maximum absolute atomic E-state index is 14.9. The van der Waals surface area contributed by atoms with Crippen molar-refractivity contribution in [3.05, 3.63) is 47.0 Å². The van der Waals surface area contributed by atoms with Crippen molar-refractivity contribution >= 4 is 12.2 Å². The van der Waals surface area contributed by atoms with E-state index in [1.807, 2.05) is 0 Å². The summed E-state index contributed by atoms with van der Waals surface area (Å²) in [5, 5.41) is 0. The van der Waals surface area contributed by atoms with Crippen LogP contribution in [-0.4, -0.2) is 152 Å². The lowest BCUT2D eigenvalue weighted by atomic mass is 9.86. The average Bonchev–Trinajstić information content (AvgIpc) is 1.20. The Hall–Kier alpha value is -6.14. The van der Waals surface area contributed by atoms with Gasteiger partial charge in [-0.25, -0.2) is 9.59 Å². The van der Waals surface area contributed by atoms with Gasteiger partial charge >= 0.3 is 155 Å². The summed E-state index contributed by atoms with van der Waals surface area (Å²) < 4.78 is 714. The first-order chi connectivity index (χ1) is 42.4. The van der Waals surface area contributed by atoms with Crippen molar-refractivity contribution in [2.75, 3.05) is 0 Å². The molecule has 6 nitrogen and oxygen atoms in total. The van der Waals surface area contributed by atoms with Gasteiger partial charge in [-0.15, -0.1) is 0 Å². The second-order valence-electron chi connectivity index (χ2n) is 21.4. The van der Waals surface area contributed by atoms with E-state index in [-0.39, 0.29) is 0 Å². The fourth-order valence-corrected chi connectivity index (χ4v) is 6.50. The SMILES string of the molecule is CC(C)(C)OC(=O)n1cc(C(F)(F)C(F)(F)C(F)(F)C(F)(F)C(F)(F)C(F)(F)F)c(C(F)(F)C(F)(F)C(F)(F)C(F)(F)C(F)(F)C(F)(F)F)c1.CC(C)(C)OC(=O)n1cc(C(F)(F)C(F)(F)C(F)(F)C(F)(F)C(F)(F)C(F)(F)F)c(C(F)(F)C(F)(F)C(F)(F)C(F)(F)C(F)(F)C(F)(F)F)c1. The third-order valence-corrected chi connectivity index (χ3v) is 11.9. The molecule has 0 radical (unpaired) electrons. The average molecular weight is 1610 g/mol.